The van der Waals surface area contributed by atoms with Gasteiger partial charge in [-0.3, -0.25) is 19.7 Å². The van der Waals surface area contributed by atoms with Crippen molar-refractivity contribution in [2.24, 2.45) is 10.9 Å². The Kier molecular flexibility index (Phi) is 6.86. The van der Waals surface area contributed by atoms with Crippen molar-refractivity contribution in [2.45, 2.75) is 33.7 Å². The number of fused-ring (bicyclic) bond motifs is 1. The van der Waals surface area contributed by atoms with Gasteiger partial charge in [0.15, 0.2) is 0 Å². The fourth-order valence-corrected chi connectivity index (χ4v) is 2.74. The lowest BCUT2D eigenvalue weighted by atomic mass is 10.1. The molecule has 9 heteroatoms. The first kappa shape index (κ1) is 21.1. The van der Waals surface area contributed by atoms with E-state index >= 15 is 0 Å². The number of pyridine rings is 1. The molecule has 0 bridgehead atoms. The molecule has 4 N–H and O–H groups in total. The number of aliphatic imine (C=N–C) groups is 1. The van der Waals surface area contributed by atoms with Gasteiger partial charge in [0.2, 0.25) is 0 Å². The van der Waals surface area contributed by atoms with Crippen LogP contribution in [0, 0.1) is 5.92 Å². The molecule has 1 atom stereocenters. The summed E-state index contributed by atoms with van der Waals surface area (Å²) in [6, 6.07) is -0.254. The van der Waals surface area contributed by atoms with Gasteiger partial charge in [0.25, 0.3) is 0 Å². The zero-order chi connectivity index (χ0) is 20.8. The van der Waals surface area contributed by atoms with Gasteiger partial charge in [-0.1, -0.05) is 13.8 Å². The summed E-state index contributed by atoms with van der Waals surface area (Å²) >= 11 is 0. The lowest BCUT2D eigenvalue weighted by Gasteiger charge is -2.31. The van der Waals surface area contributed by atoms with Crippen molar-refractivity contribution in [1.82, 2.24) is 20.1 Å². The van der Waals surface area contributed by atoms with E-state index in [2.05, 4.69) is 25.5 Å². The average Bonchev–Trinajstić information content (AvgIpc) is 3.16. The predicted molar refractivity (Wildman–Crippen MR) is 111 cm³/mol. The minimum Gasteiger partial charge on any atom is -0.383 e. The normalized spacial score (nSPS) is 13.3. The second-order valence-corrected chi connectivity index (χ2v) is 7.02. The second kappa shape index (κ2) is 9.12. The molecule has 0 spiro atoms. The highest BCUT2D eigenvalue weighted by atomic mass is 16.2. The zero-order valence-electron chi connectivity index (χ0n) is 16.9. The fourth-order valence-electron chi connectivity index (χ4n) is 2.74. The number of hydrogen-bond donors (Lipinski definition) is 3. The Morgan fingerprint density at radius 1 is 1.36 bits per heavy atom. The Morgan fingerprint density at radius 3 is 2.71 bits per heavy atom. The first-order chi connectivity index (χ1) is 13.3. The molecule has 2 heterocycles. The van der Waals surface area contributed by atoms with Crippen LogP contribution in [0.1, 0.15) is 27.7 Å². The highest BCUT2D eigenvalue weighted by molar-refractivity contribution is 6.40. The summed E-state index contributed by atoms with van der Waals surface area (Å²) in [5, 5.41) is 9.89. The van der Waals surface area contributed by atoms with Gasteiger partial charge < -0.3 is 16.0 Å². The number of H-pyrrole nitrogens is 1. The van der Waals surface area contributed by atoms with E-state index in [0.717, 1.165) is 5.57 Å². The molecule has 2 rings (SSSR count). The van der Waals surface area contributed by atoms with Crippen LogP contribution in [0.4, 0.5) is 11.5 Å². The number of nitrogens with one attached hydrogen (secondary N) is 2. The summed E-state index contributed by atoms with van der Waals surface area (Å²) in [5.74, 6) is -0.871. The number of amides is 2. The second-order valence-electron chi connectivity index (χ2n) is 7.02. The van der Waals surface area contributed by atoms with Gasteiger partial charge in [0.05, 0.1) is 35.0 Å². The molecule has 2 aromatic heterocycles. The summed E-state index contributed by atoms with van der Waals surface area (Å²) in [5.41, 5.74) is 7.60. The minimum absolute atomic E-state index is 0.198. The molecule has 0 aromatic carbocycles. The van der Waals surface area contributed by atoms with Crippen LogP contribution in [0.3, 0.4) is 0 Å². The molecular weight excluding hydrogens is 358 g/mol. The topological polar surface area (TPSA) is 129 Å². The maximum absolute atomic E-state index is 12.9. The molecule has 0 aliphatic rings. The number of aromatic nitrogens is 3. The maximum atomic E-state index is 12.9. The molecule has 0 saturated carbocycles. The van der Waals surface area contributed by atoms with Gasteiger partial charge in [0, 0.05) is 19.8 Å². The largest absolute Gasteiger partial charge is 0.383 e. The Morgan fingerprint density at radius 2 is 2.07 bits per heavy atom. The van der Waals surface area contributed by atoms with Crippen molar-refractivity contribution in [3.05, 3.63) is 24.0 Å². The standard InChI is InChI=1S/C19H27N7O2/c1-11(2)10-26(13(4)12(3)6-7-21-5)19(28)18(27)24-15-9-22-17(20)14-8-23-25-16(14)15/h6-9,11,13H,10H2,1-5H3,(H2,20,22)(H,23,25)(H,24,27)/b12-6+,21-7?. The molecule has 1 unspecified atom stereocenters. The number of aromatic amines is 1. The Balaban J connectivity index is 2.26. The summed E-state index contributed by atoms with van der Waals surface area (Å²) in [4.78, 5) is 35.1. The third kappa shape index (κ3) is 4.73. The number of anilines is 2. The van der Waals surface area contributed by atoms with Crippen molar-refractivity contribution in [3.8, 4) is 0 Å². The van der Waals surface area contributed by atoms with E-state index in [-0.39, 0.29) is 12.0 Å². The van der Waals surface area contributed by atoms with Gasteiger partial charge in [-0.15, -0.1) is 0 Å². The number of nitrogen functional groups attached to an aromatic ring is 1. The van der Waals surface area contributed by atoms with E-state index in [4.69, 9.17) is 5.73 Å². The van der Waals surface area contributed by atoms with Crippen LogP contribution in [-0.4, -0.2) is 57.7 Å². The van der Waals surface area contributed by atoms with Crippen molar-refractivity contribution in [1.29, 1.82) is 0 Å². The summed E-state index contributed by atoms with van der Waals surface area (Å²) in [7, 11) is 1.68. The molecule has 0 aliphatic carbocycles. The number of carbonyl (C=O) groups is 2. The first-order valence-electron chi connectivity index (χ1n) is 9.04. The van der Waals surface area contributed by atoms with Crippen LogP contribution in [0.2, 0.25) is 0 Å². The van der Waals surface area contributed by atoms with Crippen LogP contribution < -0.4 is 11.1 Å². The van der Waals surface area contributed by atoms with Crippen molar-refractivity contribution < 1.29 is 9.59 Å². The van der Waals surface area contributed by atoms with Crippen LogP contribution >= 0.6 is 0 Å². The fraction of sp³-hybridized carbons (Fsp3) is 0.421. The maximum Gasteiger partial charge on any atom is 0.314 e. The van der Waals surface area contributed by atoms with E-state index < -0.39 is 11.8 Å². The predicted octanol–water partition coefficient (Wildman–Crippen LogP) is 2.00. The van der Waals surface area contributed by atoms with E-state index in [0.29, 0.717) is 29.0 Å². The lowest BCUT2D eigenvalue weighted by molar-refractivity contribution is -0.144. The summed E-state index contributed by atoms with van der Waals surface area (Å²) in [6.07, 6.45) is 6.42. The molecule has 2 amide bonds. The highest BCUT2D eigenvalue weighted by Gasteiger charge is 2.28. The van der Waals surface area contributed by atoms with Crippen molar-refractivity contribution in [3.63, 3.8) is 0 Å². The number of nitrogens with two attached hydrogens (primary N) is 1. The van der Waals surface area contributed by atoms with Crippen molar-refractivity contribution >= 4 is 40.4 Å². The van der Waals surface area contributed by atoms with Gasteiger partial charge in [-0.05, 0) is 31.4 Å². The molecule has 0 radical (unpaired) electrons. The first-order valence-corrected chi connectivity index (χ1v) is 9.04. The number of nitrogens with zero attached hydrogens (tertiary/aromatic N) is 4. The van der Waals surface area contributed by atoms with Gasteiger partial charge in [-0.2, -0.15) is 5.10 Å². The number of allylic oxidation sites excluding steroid dienone is 1. The highest BCUT2D eigenvalue weighted by Crippen LogP contribution is 2.24. The summed E-state index contributed by atoms with van der Waals surface area (Å²) in [6.45, 7) is 8.23. The molecule has 0 fully saturated rings. The van der Waals surface area contributed by atoms with E-state index in [1.165, 1.54) is 12.4 Å². The molecular formula is C19H27N7O2. The van der Waals surface area contributed by atoms with Gasteiger partial charge in [0.1, 0.15) is 5.82 Å². The molecule has 2 aromatic rings. The SMILES string of the molecule is CN=C/C=C(\C)C(C)N(CC(C)C)C(=O)C(=O)Nc1cnc(N)c2cn[nH]c12. The third-order valence-corrected chi connectivity index (χ3v) is 4.40. The van der Waals surface area contributed by atoms with Crippen molar-refractivity contribution in [2.75, 3.05) is 24.6 Å². The smallest absolute Gasteiger partial charge is 0.314 e. The van der Waals surface area contributed by atoms with Crippen LogP contribution in [0.5, 0.6) is 0 Å². The molecule has 150 valence electrons. The molecule has 0 saturated heterocycles. The quantitative estimate of drug-likeness (QED) is 0.517. The number of carbonyl (C=O) groups excluding carboxylic acids is 2. The number of rotatable bonds is 6. The van der Waals surface area contributed by atoms with Crippen LogP contribution in [-0.2, 0) is 9.59 Å². The Bertz CT molecular complexity index is 914. The molecule has 9 nitrogen and oxygen atoms in total. The Labute approximate surface area is 164 Å². The van der Waals surface area contributed by atoms with Gasteiger partial charge in [-0.25, -0.2) is 4.98 Å². The van der Waals surface area contributed by atoms with Crippen LogP contribution in [0.25, 0.3) is 10.9 Å². The average molecular weight is 385 g/mol. The lowest BCUT2D eigenvalue weighted by Crippen LogP contribution is -2.47. The zero-order valence-corrected chi connectivity index (χ0v) is 16.9. The monoisotopic (exact) mass is 385 g/mol. The summed E-state index contributed by atoms with van der Waals surface area (Å²) < 4.78 is 0. The third-order valence-electron chi connectivity index (χ3n) is 4.40. The van der Waals surface area contributed by atoms with E-state index in [9.17, 15) is 9.59 Å². The van der Waals surface area contributed by atoms with E-state index in [1.807, 2.05) is 33.8 Å². The Hall–Kier alpha value is -3.23. The van der Waals surface area contributed by atoms with Gasteiger partial charge >= 0.3 is 11.8 Å². The van der Waals surface area contributed by atoms with E-state index in [1.54, 1.807) is 18.2 Å². The molecule has 0 aliphatic heterocycles. The minimum atomic E-state index is -0.744. The molecule has 28 heavy (non-hydrogen) atoms. The van der Waals surface area contributed by atoms with Crippen LogP contribution in [0.15, 0.2) is 29.0 Å². The number of hydrogen-bond acceptors (Lipinski definition) is 6.